The van der Waals surface area contributed by atoms with Gasteiger partial charge < -0.3 is 9.64 Å². The van der Waals surface area contributed by atoms with Crippen molar-refractivity contribution in [1.29, 1.82) is 0 Å². The van der Waals surface area contributed by atoms with Crippen LogP contribution >= 0.6 is 11.8 Å². The summed E-state index contributed by atoms with van der Waals surface area (Å²) >= 11 is 1.49. The lowest BCUT2D eigenvalue weighted by Crippen LogP contribution is -2.15. The van der Waals surface area contributed by atoms with Crippen LogP contribution in [0.15, 0.2) is 65.2 Å². The van der Waals surface area contributed by atoms with Crippen LogP contribution in [-0.4, -0.2) is 49.9 Å². The molecule has 0 aliphatic carbocycles. The number of hydrogen-bond acceptors (Lipinski definition) is 7. The molecule has 10 heteroatoms. The highest BCUT2D eigenvalue weighted by Crippen LogP contribution is 2.37. The number of hydrogen-bond donors (Lipinski definition) is 0. The van der Waals surface area contributed by atoms with Gasteiger partial charge in [0.2, 0.25) is 6.41 Å². The molecule has 0 radical (unpaired) electrons. The molecule has 32 heavy (non-hydrogen) atoms. The first-order valence-electron chi connectivity index (χ1n) is 9.74. The van der Waals surface area contributed by atoms with Gasteiger partial charge in [-0.2, -0.15) is 5.10 Å². The van der Waals surface area contributed by atoms with Gasteiger partial charge in [-0.25, -0.2) is 0 Å². The normalized spacial score (nSPS) is 11.2. The third-order valence-electron chi connectivity index (χ3n) is 5.13. The van der Waals surface area contributed by atoms with E-state index in [1.165, 1.54) is 16.7 Å². The summed E-state index contributed by atoms with van der Waals surface area (Å²) in [4.78, 5) is 18.1. The van der Waals surface area contributed by atoms with E-state index in [2.05, 4.69) is 20.3 Å². The molecule has 0 aliphatic heterocycles. The first-order valence-corrected chi connectivity index (χ1v) is 10.6. The molecule has 0 saturated carbocycles. The van der Waals surface area contributed by atoms with E-state index in [4.69, 9.17) is 4.74 Å². The summed E-state index contributed by atoms with van der Waals surface area (Å²) in [6.07, 6.45) is 8.17. The highest BCUT2D eigenvalue weighted by Gasteiger charge is 2.15. The topological polar surface area (TPSA) is 90.4 Å². The molecule has 0 saturated heterocycles. The molecule has 0 spiro atoms. The lowest BCUT2D eigenvalue weighted by molar-refractivity contribution is -0.107. The molecule has 4 heterocycles. The van der Waals surface area contributed by atoms with Gasteiger partial charge in [0.15, 0.2) is 16.6 Å². The summed E-state index contributed by atoms with van der Waals surface area (Å²) in [5.74, 6) is 0.594. The summed E-state index contributed by atoms with van der Waals surface area (Å²) in [5, 5.41) is 14.5. The second-order valence-electron chi connectivity index (χ2n) is 7.21. The van der Waals surface area contributed by atoms with E-state index in [-0.39, 0.29) is 0 Å². The van der Waals surface area contributed by atoms with Crippen molar-refractivity contribution in [2.24, 2.45) is 7.05 Å². The Balaban J connectivity index is 1.56. The lowest BCUT2D eigenvalue weighted by atomic mass is 10.2. The third kappa shape index (κ3) is 3.44. The number of carbonyl (C=O) groups is 1. The third-order valence-corrected chi connectivity index (χ3v) is 6.08. The molecule has 160 valence electrons. The van der Waals surface area contributed by atoms with Crippen LogP contribution in [0.3, 0.4) is 0 Å². The van der Waals surface area contributed by atoms with Crippen molar-refractivity contribution in [3.05, 3.63) is 55.1 Å². The first-order chi connectivity index (χ1) is 15.6. The summed E-state index contributed by atoms with van der Waals surface area (Å²) < 4.78 is 9.35. The summed E-state index contributed by atoms with van der Waals surface area (Å²) in [6, 6.07) is 9.84. The van der Waals surface area contributed by atoms with Gasteiger partial charge >= 0.3 is 0 Å². The summed E-state index contributed by atoms with van der Waals surface area (Å²) in [6.45, 7) is 0. The van der Waals surface area contributed by atoms with Crippen molar-refractivity contribution < 1.29 is 9.53 Å². The smallest absolute Gasteiger partial charge is 0.214 e. The molecule has 9 nitrogen and oxygen atoms in total. The maximum atomic E-state index is 11.3. The standard InChI is InChI=1S/C22H19N7O2S/c1-27(13-30)19-10-23-18-6-5-16(8-17(18)21(19)31-3)32-22-26-25-20-7-4-14(12-29(20)22)15-9-24-28(2)11-15/h4-13H,1-3H3. The highest BCUT2D eigenvalue weighted by atomic mass is 32.2. The van der Waals surface area contributed by atoms with E-state index in [1.54, 1.807) is 25.0 Å². The number of aromatic nitrogens is 6. The predicted molar refractivity (Wildman–Crippen MR) is 122 cm³/mol. The number of rotatable bonds is 6. The van der Waals surface area contributed by atoms with Crippen molar-refractivity contribution in [3.63, 3.8) is 0 Å². The highest BCUT2D eigenvalue weighted by molar-refractivity contribution is 7.99. The molecule has 0 bridgehead atoms. The van der Waals surface area contributed by atoms with Crippen molar-refractivity contribution in [3.8, 4) is 16.9 Å². The molecule has 0 unspecified atom stereocenters. The van der Waals surface area contributed by atoms with E-state index < -0.39 is 0 Å². The molecule has 5 aromatic rings. The number of fused-ring (bicyclic) bond motifs is 2. The van der Waals surface area contributed by atoms with Gasteiger partial charge in [-0.05, 0) is 42.1 Å². The second-order valence-corrected chi connectivity index (χ2v) is 8.25. The minimum Gasteiger partial charge on any atom is -0.494 e. The van der Waals surface area contributed by atoms with Crippen LogP contribution in [0.5, 0.6) is 5.75 Å². The average Bonchev–Trinajstić information content (AvgIpc) is 3.43. The molecule has 0 atom stereocenters. The van der Waals surface area contributed by atoms with E-state index in [1.807, 2.05) is 60.4 Å². The fourth-order valence-electron chi connectivity index (χ4n) is 3.51. The minimum atomic E-state index is 0.594. The number of ether oxygens (including phenoxy) is 1. The predicted octanol–water partition coefficient (Wildman–Crippen LogP) is 3.43. The van der Waals surface area contributed by atoms with Crippen LogP contribution in [0.1, 0.15) is 0 Å². The van der Waals surface area contributed by atoms with Gasteiger partial charge in [0.1, 0.15) is 5.69 Å². The Bertz CT molecular complexity index is 1460. The number of pyridine rings is 2. The number of aryl methyl sites for hydroxylation is 1. The Morgan fingerprint density at radius 1 is 1.09 bits per heavy atom. The SMILES string of the molecule is COc1c(N(C)C=O)cnc2ccc(Sc3nnc4ccc(-c5cnn(C)c5)cn34)cc12. The number of amides is 1. The Morgan fingerprint density at radius 2 is 1.97 bits per heavy atom. The average molecular weight is 446 g/mol. The fraction of sp³-hybridized carbons (Fsp3) is 0.136. The van der Waals surface area contributed by atoms with Crippen LogP contribution in [-0.2, 0) is 11.8 Å². The van der Waals surface area contributed by atoms with Crippen molar-refractivity contribution in [2.75, 3.05) is 19.1 Å². The van der Waals surface area contributed by atoms with Crippen LogP contribution in [0.2, 0.25) is 0 Å². The molecule has 4 aromatic heterocycles. The molecule has 1 aromatic carbocycles. The van der Waals surface area contributed by atoms with E-state index in [0.29, 0.717) is 11.4 Å². The van der Waals surface area contributed by atoms with Gasteiger partial charge in [-0.15, -0.1) is 10.2 Å². The number of anilines is 1. The molecule has 0 aliphatic rings. The molecular weight excluding hydrogens is 426 g/mol. The quantitative estimate of drug-likeness (QED) is 0.370. The molecule has 0 N–H and O–H groups in total. The Morgan fingerprint density at radius 3 is 2.72 bits per heavy atom. The Labute approximate surface area is 187 Å². The monoisotopic (exact) mass is 445 g/mol. The molecule has 1 amide bonds. The van der Waals surface area contributed by atoms with E-state index in [0.717, 1.165) is 44.1 Å². The molecular formula is C22H19N7O2S. The second kappa shape index (κ2) is 7.97. The fourth-order valence-corrected chi connectivity index (χ4v) is 4.36. The van der Waals surface area contributed by atoms with Crippen molar-refractivity contribution in [2.45, 2.75) is 10.1 Å². The zero-order valence-corrected chi connectivity index (χ0v) is 18.4. The zero-order valence-electron chi connectivity index (χ0n) is 17.6. The van der Waals surface area contributed by atoms with Gasteiger partial charge in [0.05, 0.1) is 25.0 Å². The zero-order chi connectivity index (χ0) is 22.2. The minimum absolute atomic E-state index is 0.594. The van der Waals surface area contributed by atoms with Crippen LogP contribution < -0.4 is 9.64 Å². The number of carbonyl (C=O) groups excluding carboxylic acids is 1. The number of benzene rings is 1. The van der Waals surface area contributed by atoms with Crippen LogP contribution in [0.25, 0.3) is 27.7 Å². The van der Waals surface area contributed by atoms with Crippen LogP contribution in [0, 0.1) is 0 Å². The Kier molecular flexibility index (Phi) is 4.98. The van der Waals surface area contributed by atoms with E-state index >= 15 is 0 Å². The number of nitrogens with zero attached hydrogens (tertiary/aromatic N) is 7. The summed E-state index contributed by atoms with van der Waals surface area (Å²) in [7, 11) is 5.14. The van der Waals surface area contributed by atoms with Gasteiger partial charge in [-0.3, -0.25) is 18.9 Å². The molecule has 5 rings (SSSR count). The van der Waals surface area contributed by atoms with Gasteiger partial charge in [0.25, 0.3) is 0 Å². The van der Waals surface area contributed by atoms with Gasteiger partial charge in [0, 0.05) is 47.9 Å². The largest absolute Gasteiger partial charge is 0.494 e. The van der Waals surface area contributed by atoms with Crippen molar-refractivity contribution in [1.82, 2.24) is 29.4 Å². The van der Waals surface area contributed by atoms with Crippen LogP contribution in [0.4, 0.5) is 5.69 Å². The van der Waals surface area contributed by atoms with Gasteiger partial charge in [-0.1, -0.05) is 0 Å². The number of methoxy groups -OCH3 is 1. The molecule has 0 fully saturated rings. The van der Waals surface area contributed by atoms with Crippen molar-refractivity contribution >= 4 is 40.4 Å². The first kappa shape index (κ1) is 20.0. The van der Waals surface area contributed by atoms with E-state index in [9.17, 15) is 4.79 Å². The lowest BCUT2D eigenvalue weighted by Gasteiger charge is -2.16. The summed E-state index contributed by atoms with van der Waals surface area (Å²) in [5.41, 5.74) is 4.19. The maximum Gasteiger partial charge on any atom is 0.214 e. The Hall–Kier alpha value is -3.92. The maximum absolute atomic E-state index is 11.3.